The molecule has 1 saturated heterocycles. The molecule has 3 nitrogen and oxygen atoms in total. The highest BCUT2D eigenvalue weighted by Gasteiger charge is 2.27. The zero-order valence-electron chi connectivity index (χ0n) is 9.17. The Morgan fingerprint density at radius 3 is 2.69 bits per heavy atom. The van der Waals surface area contributed by atoms with E-state index in [0.717, 1.165) is 25.8 Å². The number of ether oxygens (including phenoxy) is 1. The van der Waals surface area contributed by atoms with Crippen molar-refractivity contribution >= 4 is 0 Å². The molecule has 96 valence electrons. The summed E-state index contributed by atoms with van der Waals surface area (Å²) in [5.41, 5.74) is 0. The molecule has 0 aliphatic carbocycles. The number of piperidine rings is 1. The highest BCUT2D eigenvalue weighted by molar-refractivity contribution is 4.75. The predicted molar refractivity (Wildman–Crippen MR) is 53.2 cm³/mol. The van der Waals surface area contributed by atoms with Crippen molar-refractivity contribution in [3.05, 3.63) is 0 Å². The van der Waals surface area contributed by atoms with Crippen molar-refractivity contribution in [1.29, 1.82) is 0 Å². The molecule has 0 amide bonds. The van der Waals surface area contributed by atoms with Gasteiger partial charge in [0.25, 0.3) is 0 Å². The van der Waals surface area contributed by atoms with Crippen LogP contribution < -0.4 is 0 Å². The van der Waals surface area contributed by atoms with E-state index in [9.17, 15) is 13.2 Å². The van der Waals surface area contributed by atoms with E-state index in [1.165, 1.54) is 0 Å². The molecule has 0 aromatic carbocycles. The maximum Gasteiger partial charge on any atom is 0.411 e. The van der Waals surface area contributed by atoms with Crippen LogP contribution in [0, 0.1) is 0 Å². The number of aliphatic hydroxyl groups is 1. The van der Waals surface area contributed by atoms with E-state index < -0.39 is 12.8 Å². The van der Waals surface area contributed by atoms with Gasteiger partial charge in [-0.05, 0) is 19.4 Å². The SMILES string of the molecule is OCC1CCCCN1CCOCC(F)(F)F. The van der Waals surface area contributed by atoms with Crippen LogP contribution in [0.2, 0.25) is 0 Å². The molecule has 1 N–H and O–H groups in total. The van der Waals surface area contributed by atoms with Crippen LogP contribution in [0.5, 0.6) is 0 Å². The summed E-state index contributed by atoms with van der Waals surface area (Å²) in [6.45, 7) is 0.238. The Bertz CT molecular complexity index is 199. The lowest BCUT2D eigenvalue weighted by Gasteiger charge is -2.34. The first-order valence-electron chi connectivity index (χ1n) is 5.52. The summed E-state index contributed by atoms with van der Waals surface area (Å²) in [4.78, 5) is 2.00. The summed E-state index contributed by atoms with van der Waals surface area (Å²) in [7, 11) is 0. The van der Waals surface area contributed by atoms with E-state index >= 15 is 0 Å². The second-order valence-electron chi connectivity index (χ2n) is 4.04. The summed E-state index contributed by atoms with van der Waals surface area (Å²) in [6, 6.07) is 0.0863. The number of halogens is 3. The molecule has 1 rings (SSSR count). The molecule has 1 atom stereocenters. The molecule has 0 aromatic heterocycles. The van der Waals surface area contributed by atoms with Crippen molar-refractivity contribution < 1.29 is 23.0 Å². The van der Waals surface area contributed by atoms with Crippen molar-refractivity contribution in [2.24, 2.45) is 0 Å². The molecule has 0 aromatic rings. The van der Waals surface area contributed by atoms with Crippen molar-refractivity contribution in [2.45, 2.75) is 31.5 Å². The smallest absolute Gasteiger partial charge is 0.395 e. The third-order valence-electron chi connectivity index (χ3n) is 2.75. The largest absolute Gasteiger partial charge is 0.411 e. The van der Waals surface area contributed by atoms with Crippen molar-refractivity contribution in [1.82, 2.24) is 4.90 Å². The van der Waals surface area contributed by atoms with E-state index in [1.807, 2.05) is 4.90 Å². The molecule has 1 heterocycles. The Morgan fingerprint density at radius 1 is 1.31 bits per heavy atom. The van der Waals surface area contributed by atoms with Crippen molar-refractivity contribution in [3.63, 3.8) is 0 Å². The van der Waals surface area contributed by atoms with Gasteiger partial charge >= 0.3 is 6.18 Å². The average Bonchev–Trinajstić information content (AvgIpc) is 2.23. The second-order valence-corrected chi connectivity index (χ2v) is 4.04. The van der Waals surface area contributed by atoms with Crippen LogP contribution in [0.25, 0.3) is 0 Å². The number of alkyl halides is 3. The minimum absolute atomic E-state index is 0.0655. The number of hydrogen-bond donors (Lipinski definition) is 1. The molecular formula is C10H18F3NO2. The van der Waals surface area contributed by atoms with Gasteiger partial charge in [-0.2, -0.15) is 13.2 Å². The molecule has 1 unspecified atom stereocenters. The molecular weight excluding hydrogens is 223 g/mol. The third kappa shape index (κ3) is 5.14. The van der Waals surface area contributed by atoms with Crippen LogP contribution in [-0.2, 0) is 4.74 Å². The van der Waals surface area contributed by atoms with Gasteiger partial charge in [-0.1, -0.05) is 6.42 Å². The highest BCUT2D eigenvalue weighted by atomic mass is 19.4. The van der Waals surface area contributed by atoms with Crippen LogP contribution in [0.1, 0.15) is 19.3 Å². The minimum atomic E-state index is -4.25. The number of aliphatic hydroxyl groups excluding tert-OH is 1. The Morgan fingerprint density at radius 2 is 2.06 bits per heavy atom. The van der Waals surface area contributed by atoms with E-state index in [0.29, 0.717) is 6.54 Å². The lowest BCUT2D eigenvalue weighted by molar-refractivity contribution is -0.175. The Labute approximate surface area is 93.2 Å². The first kappa shape index (κ1) is 13.7. The van der Waals surface area contributed by atoms with E-state index in [4.69, 9.17) is 5.11 Å². The maximum absolute atomic E-state index is 11.8. The number of rotatable bonds is 5. The average molecular weight is 241 g/mol. The van der Waals surface area contributed by atoms with Gasteiger partial charge in [0.1, 0.15) is 6.61 Å². The first-order valence-corrected chi connectivity index (χ1v) is 5.52. The molecule has 0 bridgehead atoms. The molecule has 6 heteroatoms. The van der Waals surface area contributed by atoms with E-state index in [-0.39, 0.29) is 19.3 Å². The van der Waals surface area contributed by atoms with E-state index in [1.54, 1.807) is 0 Å². The molecule has 0 saturated carbocycles. The summed E-state index contributed by atoms with van der Waals surface area (Å²) in [5, 5.41) is 9.08. The normalized spacial score (nSPS) is 23.6. The molecule has 1 aliphatic heterocycles. The molecule has 0 spiro atoms. The molecule has 16 heavy (non-hydrogen) atoms. The highest BCUT2D eigenvalue weighted by Crippen LogP contribution is 2.17. The predicted octanol–water partition coefficient (Wildman–Crippen LogP) is 1.41. The summed E-state index contributed by atoms with van der Waals surface area (Å²) >= 11 is 0. The second kappa shape index (κ2) is 6.42. The minimum Gasteiger partial charge on any atom is -0.395 e. The molecule has 1 aliphatic rings. The monoisotopic (exact) mass is 241 g/mol. The number of nitrogens with zero attached hydrogens (tertiary/aromatic N) is 1. The fraction of sp³-hybridized carbons (Fsp3) is 1.00. The van der Waals surface area contributed by atoms with Gasteiger partial charge in [-0.25, -0.2) is 0 Å². The topological polar surface area (TPSA) is 32.7 Å². The van der Waals surface area contributed by atoms with Crippen LogP contribution in [-0.4, -0.2) is 55.1 Å². The number of likely N-dealkylation sites (tertiary alicyclic amines) is 1. The fourth-order valence-electron chi connectivity index (χ4n) is 1.93. The number of hydrogen-bond acceptors (Lipinski definition) is 3. The van der Waals surface area contributed by atoms with Gasteiger partial charge in [-0.3, -0.25) is 4.90 Å². The van der Waals surface area contributed by atoms with Crippen LogP contribution >= 0.6 is 0 Å². The Kier molecular flexibility index (Phi) is 5.51. The maximum atomic E-state index is 11.8. The zero-order valence-corrected chi connectivity index (χ0v) is 9.17. The van der Waals surface area contributed by atoms with Crippen molar-refractivity contribution in [3.8, 4) is 0 Å². The zero-order chi connectivity index (χ0) is 12.0. The van der Waals surface area contributed by atoms with E-state index in [2.05, 4.69) is 4.74 Å². The molecule has 0 radical (unpaired) electrons. The van der Waals surface area contributed by atoms with Gasteiger partial charge in [0.2, 0.25) is 0 Å². The summed E-state index contributed by atoms with van der Waals surface area (Å²) in [6.07, 6.45) is -1.23. The van der Waals surface area contributed by atoms with Crippen LogP contribution in [0.15, 0.2) is 0 Å². The van der Waals surface area contributed by atoms with Crippen LogP contribution in [0.3, 0.4) is 0 Å². The van der Waals surface area contributed by atoms with Gasteiger partial charge in [0, 0.05) is 12.6 Å². The van der Waals surface area contributed by atoms with Gasteiger partial charge in [-0.15, -0.1) is 0 Å². The quantitative estimate of drug-likeness (QED) is 0.739. The fourth-order valence-corrected chi connectivity index (χ4v) is 1.93. The first-order chi connectivity index (χ1) is 7.53. The van der Waals surface area contributed by atoms with Gasteiger partial charge in [0.05, 0.1) is 13.2 Å². The lowest BCUT2D eigenvalue weighted by Crippen LogP contribution is -2.43. The Hall–Kier alpha value is -0.330. The van der Waals surface area contributed by atoms with Gasteiger partial charge in [0.15, 0.2) is 0 Å². The van der Waals surface area contributed by atoms with Crippen molar-refractivity contribution in [2.75, 3.05) is 32.9 Å². The third-order valence-corrected chi connectivity index (χ3v) is 2.75. The molecule has 1 fully saturated rings. The summed E-state index contributed by atoms with van der Waals surface area (Å²) < 4.78 is 39.9. The van der Waals surface area contributed by atoms with Gasteiger partial charge < -0.3 is 9.84 Å². The Balaban J connectivity index is 2.15. The lowest BCUT2D eigenvalue weighted by atomic mass is 10.0. The van der Waals surface area contributed by atoms with Crippen LogP contribution in [0.4, 0.5) is 13.2 Å². The standard InChI is InChI=1S/C10H18F3NO2/c11-10(12,13)8-16-6-5-14-4-2-1-3-9(14)7-15/h9,15H,1-8H2. The summed E-state index contributed by atoms with van der Waals surface area (Å²) in [5.74, 6) is 0.